The van der Waals surface area contributed by atoms with Gasteiger partial charge in [-0.05, 0) is 29.3 Å². The van der Waals surface area contributed by atoms with Crippen LogP contribution in [-0.2, 0) is 11.0 Å². The number of benzene rings is 2. The Morgan fingerprint density at radius 1 is 1.09 bits per heavy atom. The molecule has 0 heterocycles. The normalized spacial score (nSPS) is 12.9. The van der Waals surface area contributed by atoms with Gasteiger partial charge >= 0.3 is 12.1 Å². The van der Waals surface area contributed by atoms with Gasteiger partial charge in [0.25, 0.3) is 0 Å². The minimum atomic E-state index is -4.53. The molecule has 2 aromatic rings. The lowest BCUT2D eigenvalue weighted by Crippen LogP contribution is -2.15. The fraction of sp³-hybridized carbons (Fsp3) is 0.188. The van der Waals surface area contributed by atoms with E-state index in [9.17, 15) is 18.0 Å². The van der Waals surface area contributed by atoms with E-state index < -0.39 is 30.0 Å². The maximum atomic E-state index is 13.2. The average Bonchev–Trinajstić information content (AvgIpc) is 2.45. The predicted octanol–water partition coefficient (Wildman–Crippen LogP) is 5.07. The Kier molecular flexibility index (Phi) is 4.90. The lowest BCUT2D eigenvalue weighted by molar-refractivity contribution is -0.140. The number of alkyl halides is 3. The van der Waals surface area contributed by atoms with E-state index in [0.717, 1.165) is 10.5 Å². The summed E-state index contributed by atoms with van der Waals surface area (Å²) in [5, 5.41) is 9.06. The Morgan fingerprint density at radius 3 is 2.23 bits per heavy atom. The lowest BCUT2D eigenvalue weighted by Gasteiger charge is -2.21. The van der Waals surface area contributed by atoms with Crippen LogP contribution in [0.15, 0.2) is 53.0 Å². The zero-order valence-corrected chi connectivity index (χ0v) is 12.9. The summed E-state index contributed by atoms with van der Waals surface area (Å²) < 4.78 is 40.3. The van der Waals surface area contributed by atoms with Crippen LogP contribution in [0.4, 0.5) is 13.2 Å². The van der Waals surface area contributed by atoms with Gasteiger partial charge in [0.1, 0.15) is 0 Å². The largest absolute Gasteiger partial charge is 0.481 e. The fourth-order valence-corrected chi connectivity index (χ4v) is 2.60. The van der Waals surface area contributed by atoms with Gasteiger partial charge in [-0.25, -0.2) is 0 Å². The van der Waals surface area contributed by atoms with Gasteiger partial charge in [-0.1, -0.05) is 46.3 Å². The molecule has 22 heavy (non-hydrogen) atoms. The number of halogens is 4. The molecule has 1 unspecified atom stereocenters. The van der Waals surface area contributed by atoms with Crippen molar-refractivity contribution in [1.82, 2.24) is 0 Å². The minimum absolute atomic E-state index is 0.0280. The topological polar surface area (TPSA) is 37.3 Å². The molecule has 1 atom stereocenters. The zero-order valence-electron chi connectivity index (χ0n) is 11.3. The molecule has 0 saturated heterocycles. The van der Waals surface area contributed by atoms with Crippen molar-refractivity contribution in [2.24, 2.45) is 0 Å². The molecule has 116 valence electrons. The third kappa shape index (κ3) is 3.88. The number of hydrogen-bond acceptors (Lipinski definition) is 1. The molecule has 0 bridgehead atoms. The summed E-state index contributed by atoms with van der Waals surface area (Å²) in [6.45, 7) is 0. The first-order chi connectivity index (χ1) is 10.3. The first kappa shape index (κ1) is 16.5. The summed E-state index contributed by atoms with van der Waals surface area (Å²) in [6.07, 6.45) is -4.93. The van der Waals surface area contributed by atoms with Crippen molar-refractivity contribution in [2.45, 2.75) is 18.5 Å². The number of carboxylic acid groups (broad SMARTS) is 1. The Balaban J connectivity index is 2.55. The molecule has 0 radical (unpaired) electrons. The number of rotatable bonds is 4. The van der Waals surface area contributed by atoms with Gasteiger partial charge in [-0.15, -0.1) is 0 Å². The Labute approximate surface area is 133 Å². The SMILES string of the molecule is O=C(O)CC(c1ccc(Br)cc1)c1ccccc1C(F)(F)F. The van der Waals surface area contributed by atoms with E-state index in [4.69, 9.17) is 5.11 Å². The molecule has 0 fully saturated rings. The molecule has 1 N–H and O–H groups in total. The number of carboxylic acids is 1. The monoisotopic (exact) mass is 372 g/mol. The molecule has 0 spiro atoms. The van der Waals surface area contributed by atoms with E-state index in [2.05, 4.69) is 15.9 Å². The summed E-state index contributed by atoms with van der Waals surface area (Å²) in [4.78, 5) is 11.1. The standard InChI is InChI=1S/C16H12BrF3O2/c17-11-7-5-10(6-8-11)13(9-15(21)22)12-3-1-2-4-14(12)16(18,19)20/h1-8,13H,9H2,(H,21,22). The molecular weight excluding hydrogens is 361 g/mol. The van der Waals surface area contributed by atoms with Gasteiger partial charge in [0.15, 0.2) is 0 Å². The molecule has 0 amide bonds. The quantitative estimate of drug-likeness (QED) is 0.812. The molecule has 2 nitrogen and oxygen atoms in total. The molecular formula is C16H12BrF3O2. The van der Waals surface area contributed by atoms with Crippen LogP contribution in [0, 0.1) is 0 Å². The fourth-order valence-electron chi connectivity index (χ4n) is 2.34. The molecule has 0 saturated carbocycles. The van der Waals surface area contributed by atoms with E-state index in [0.29, 0.717) is 5.56 Å². The van der Waals surface area contributed by atoms with Crippen LogP contribution >= 0.6 is 15.9 Å². The third-order valence-electron chi connectivity index (χ3n) is 3.29. The van der Waals surface area contributed by atoms with Crippen LogP contribution in [-0.4, -0.2) is 11.1 Å². The van der Waals surface area contributed by atoms with Crippen molar-refractivity contribution in [3.63, 3.8) is 0 Å². The minimum Gasteiger partial charge on any atom is -0.481 e. The third-order valence-corrected chi connectivity index (χ3v) is 3.82. The van der Waals surface area contributed by atoms with Crippen LogP contribution in [0.2, 0.25) is 0 Å². The summed E-state index contributed by atoms with van der Waals surface area (Å²) in [6, 6.07) is 11.7. The molecule has 2 rings (SSSR count). The predicted molar refractivity (Wildman–Crippen MR) is 79.7 cm³/mol. The van der Waals surface area contributed by atoms with Gasteiger partial charge < -0.3 is 5.11 Å². The second-order valence-corrected chi connectivity index (χ2v) is 5.70. The summed E-state index contributed by atoms with van der Waals surface area (Å²) >= 11 is 3.25. The number of carbonyl (C=O) groups is 1. The molecule has 6 heteroatoms. The van der Waals surface area contributed by atoms with E-state index >= 15 is 0 Å². The highest BCUT2D eigenvalue weighted by molar-refractivity contribution is 9.10. The van der Waals surface area contributed by atoms with Gasteiger partial charge in [-0.2, -0.15) is 13.2 Å². The summed E-state index contributed by atoms with van der Waals surface area (Å²) in [7, 11) is 0. The van der Waals surface area contributed by atoms with Crippen molar-refractivity contribution < 1.29 is 23.1 Å². The highest BCUT2D eigenvalue weighted by atomic mass is 79.9. The second kappa shape index (κ2) is 6.52. The van der Waals surface area contributed by atoms with Crippen molar-refractivity contribution >= 4 is 21.9 Å². The van der Waals surface area contributed by atoms with Gasteiger partial charge in [0, 0.05) is 10.4 Å². The Morgan fingerprint density at radius 2 is 1.68 bits per heavy atom. The van der Waals surface area contributed by atoms with Gasteiger partial charge in [0.05, 0.1) is 12.0 Å². The van der Waals surface area contributed by atoms with Crippen molar-refractivity contribution in [1.29, 1.82) is 0 Å². The molecule has 0 aliphatic rings. The van der Waals surface area contributed by atoms with Gasteiger partial charge in [-0.3, -0.25) is 4.79 Å². The van der Waals surface area contributed by atoms with E-state index in [-0.39, 0.29) is 5.56 Å². The van der Waals surface area contributed by atoms with Crippen LogP contribution in [0.3, 0.4) is 0 Å². The van der Waals surface area contributed by atoms with Crippen LogP contribution < -0.4 is 0 Å². The first-order valence-corrected chi connectivity index (χ1v) is 7.21. The molecule has 0 aliphatic carbocycles. The Bertz CT molecular complexity index is 666. The van der Waals surface area contributed by atoms with E-state index in [1.165, 1.54) is 18.2 Å². The number of hydrogen-bond donors (Lipinski definition) is 1. The second-order valence-electron chi connectivity index (χ2n) is 4.79. The van der Waals surface area contributed by atoms with E-state index in [1.807, 2.05) is 0 Å². The molecule has 0 aliphatic heterocycles. The van der Waals surface area contributed by atoms with Crippen LogP contribution in [0.1, 0.15) is 29.0 Å². The van der Waals surface area contributed by atoms with Crippen LogP contribution in [0.5, 0.6) is 0 Å². The van der Waals surface area contributed by atoms with E-state index in [1.54, 1.807) is 24.3 Å². The molecule has 2 aromatic carbocycles. The van der Waals surface area contributed by atoms with Gasteiger partial charge in [0.2, 0.25) is 0 Å². The smallest absolute Gasteiger partial charge is 0.416 e. The van der Waals surface area contributed by atoms with Crippen LogP contribution in [0.25, 0.3) is 0 Å². The lowest BCUT2D eigenvalue weighted by atomic mass is 9.85. The first-order valence-electron chi connectivity index (χ1n) is 6.42. The number of aliphatic carboxylic acids is 1. The maximum absolute atomic E-state index is 13.2. The Hall–Kier alpha value is -1.82. The highest BCUT2D eigenvalue weighted by Crippen LogP contribution is 2.39. The summed E-state index contributed by atoms with van der Waals surface area (Å²) in [5.74, 6) is -2.01. The average molecular weight is 373 g/mol. The zero-order chi connectivity index (χ0) is 16.3. The van der Waals surface area contributed by atoms with Crippen molar-refractivity contribution in [2.75, 3.05) is 0 Å². The molecule has 0 aromatic heterocycles. The highest BCUT2D eigenvalue weighted by Gasteiger charge is 2.35. The van der Waals surface area contributed by atoms with Crippen molar-refractivity contribution in [3.8, 4) is 0 Å². The summed E-state index contributed by atoms with van der Waals surface area (Å²) in [5.41, 5.74) is -0.300. The van der Waals surface area contributed by atoms with Crippen molar-refractivity contribution in [3.05, 3.63) is 69.7 Å². The maximum Gasteiger partial charge on any atom is 0.416 e.